The zero-order chi connectivity index (χ0) is 17.9. The number of hydrogen-bond acceptors (Lipinski definition) is 4. The van der Waals surface area contributed by atoms with Gasteiger partial charge in [0.05, 0.1) is 17.1 Å². The van der Waals surface area contributed by atoms with Gasteiger partial charge in [0.1, 0.15) is 5.65 Å². The summed E-state index contributed by atoms with van der Waals surface area (Å²) in [6, 6.07) is 13.7. The molecule has 4 aromatic rings. The Bertz CT molecular complexity index is 1040. The van der Waals surface area contributed by atoms with E-state index in [0.29, 0.717) is 13.1 Å². The number of thiophene rings is 1. The van der Waals surface area contributed by atoms with Crippen LogP contribution in [0, 0.1) is 0 Å². The van der Waals surface area contributed by atoms with Crippen molar-refractivity contribution < 1.29 is 6.22 Å². The van der Waals surface area contributed by atoms with E-state index >= 15 is 0 Å². The Balaban J connectivity index is 0.00000210. The van der Waals surface area contributed by atoms with Gasteiger partial charge in [-0.25, -0.2) is 4.98 Å². The fraction of sp³-hybridized carbons (Fsp3) is 0.150. The lowest BCUT2D eigenvalue weighted by molar-refractivity contribution is 0.0755. The first-order chi connectivity index (χ1) is 12.8. The monoisotopic (exact) mass is 364 g/mol. The van der Waals surface area contributed by atoms with E-state index < -0.39 is 0 Å². The lowest BCUT2D eigenvalue weighted by atomic mass is 10.1. The van der Waals surface area contributed by atoms with Crippen molar-refractivity contribution in [2.45, 2.75) is 13.5 Å². The molecule has 0 fully saturated rings. The topological polar surface area (TPSA) is 61.9 Å². The third-order valence-electron chi connectivity index (χ3n) is 4.29. The molecule has 0 bridgehead atoms. The number of aromatic amines is 1. The normalized spacial score (nSPS) is 11.0. The van der Waals surface area contributed by atoms with Gasteiger partial charge in [-0.3, -0.25) is 9.78 Å². The van der Waals surface area contributed by atoms with Crippen molar-refractivity contribution in [2.75, 3.05) is 6.54 Å². The lowest BCUT2D eigenvalue weighted by Gasteiger charge is -2.19. The Hall–Kier alpha value is -2.99. The molecule has 132 valence electrons. The highest BCUT2D eigenvalue weighted by molar-refractivity contribution is 7.17. The smallest absolute Gasteiger partial charge is 0.264 e. The number of nitrogens with zero attached hydrogens (tertiary/aromatic N) is 3. The van der Waals surface area contributed by atoms with E-state index in [-0.39, 0.29) is 7.33 Å². The number of carbonyl (C=O) groups is 1. The molecule has 1 N–H and O–H groups in total. The summed E-state index contributed by atoms with van der Waals surface area (Å²) in [5, 5.41) is 1.06. The van der Waals surface area contributed by atoms with Gasteiger partial charge in [-0.2, -0.15) is 0 Å². The maximum atomic E-state index is 12.9. The first-order valence-corrected chi connectivity index (χ1v) is 9.29. The van der Waals surface area contributed by atoms with Gasteiger partial charge < -0.3 is 9.88 Å². The average molecular weight is 364 g/mol. The Morgan fingerprint density at radius 2 is 2.08 bits per heavy atom. The molecular formula is C20H20N4OS. The van der Waals surface area contributed by atoms with Crippen molar-refractivity contribution in [3.8, 4) is 10.4 Å². The summed E-state index contributed by atoms with van der Waals surface area (Å²) in [6.07, 6.45) is 5.42. The lowest BCUT2D eigenvalue weighted by Crippen LogP contribution is -2.30. The molecule has 0 radical (unpaired) electrons. The van der Waals surface area contributed by atoms with Crippen molar-refractivity contribution in [1.82, 2.24) is 19.9 Å². The molecule has 26 heavy (non-hydrogen) atoms. The van der Waals surface area contributed by atoms with E-state index in [2.05, 4.69) is 15.0 Å². The van der Waals surface area contributed by atoms with Crippen LogP contribution >= 0.6 is 11.3 Å². The molecule has 0 aromatic carbocycles. The minimum Gasteiger partial charge on any atom is -0.346 e. The molecule has 4 aromatic heterocycles. The number of aromatic nitrogens is 3. The number of carbonyl (C=O) groups excluding carboxylic acids is 1. The van der Waals surface area contributed by atoms with Crippen LogP contribution in [0.5, 0.6) is 0 Å². The maximum absolute atomic E-state index is 12.9. The molecule has 0 aliphatic carbocycles. The molecule has 1 amide bonds. The molecule has 0 atom stereocenters. The van der Waals surface area contributed by atoms with Gasteiger partial charge in [-0.05, 0) is 43.3 Å². The second-order valence-corrected chi connectivity index (χ2v) is 6.99. The quantitative estimate of drug-likeness (QED) is 0.563. The fourth-order valence-electron chi connectivity index (χ4n) is 2.94. The van der Waals surface area contributed by atoms with Gasteiger partial charge in [-0.15, -0.1) is 11.3 Å². The molecule has 0 aliphatic rings. The van der Waals surface area contributed by atoms with Gasteiger partial charge in [-0.1, -0.05) is 6.07 Å². The first kappa shape index (κ1) is 16.5. The van der Waals surface area contributed by atoms with Crippen LogP contribution < -0.4 is 0 Å². The van der Waals surface area contributed by atoms with Gasteiger partial charge in [0, 0.05) is 42.4 Å². The van der Waals surface area contributed by atoms with Crippen LogP contribution in [0.1, 0.15) is 23.7 Å². The van der Waals surface area contributed by atoms with E-state index in [4.69, 9.17) is 0 Å². The first-order valence-electron chi connectivity index (χ1n) is 8.47. The van der Waals surface area contributed by atoms with Crippen LogP contribution in [-0.4, -0.2) is 32.3 Å². The fourth-order valence-corrected chi connectivity index (χ4v) is 3.96. The summed E-state index contributed by atoms with van der Waals surface area (Å²) in [6.45, 7) is 3.14. The van der Waals surface area contributed by atoms with Gasteiger partial charge in [0.2, 0.25) is 0 Å². The molecular weight excluding hydrogens is 344 g/mol. The van der Waals surface area contributed by atoms with Gasteiger partial charge >= 0.3 is 0 Å². The van der Waals surface area contributed by atoms with Crippen LogP contribution in [-0.2, 0) is 6.54 Å². The molecule has 4 rings (SSSR count). The minimum absolute atomic E-state index is 0. The Morgan fingerprint density at radius 3 is 2.88 bits per heavy atom. The molecule has 0 aliphatic heterocycles. The number of nitrogens with one attached hydrogen (secondary N) is 1. The Labute approximate surface area is 156 Å². The maximum Gasteiger partial charge on any atom is 0.264 e. The predicted molar refractivity (Wildman–Crippen MR) is 106 cm³/mol. The number of amides is 1. The van der Waals surface area contributed by atoms with Crippen molar-refractivity contribution in [2.24, 2.45) is 0 Å². The number of pyridine rings is 2. The summed E-state index contributed by atoms with van der Waals surface area (Å²) in [4.78, 5) is 28.3. The summed E-state index contributed by atoms with van der Waals surface area (Å²) in [7, 11) is 0. The third-order valence-corrected chi connectivity index (χ3v) is 5.40. The van der Waals surface area contributed by atoms with Gasteiger partial charge in [0.25, 0.3) is 5.91 Å². The van der Waals surface area contributed by atoms with Crippen LogP contribution in [0.2, 0.25) is 0 Å². The summed E-state index contributed by atoms with van der Waals surface area (Å²) < 4.78 is 0. The molecule has 0 unspecified atom stereocenters. The molecule has 5 nitrogen and oxygen atoms in total. The second kappa shape index (κ2) is 7.09. The van der Waals surface area contributed by atoms with Crippen molar-refractivity contribution in [1.29, 1.82) is 0 Å². The highest BCUT2D eigenvalue weighted by Gasteiger charge is 2.18. The third kappa shape index (κ3) is 3.11. The number of hydrogen-bond donors (Lipinski definition) is 1. The standard InChI is InChI=1S/C20H18N4OS.H2/c1-2-24(13-14-5-3-4-10-21-14)20(25)18-7-6-17(26-18)15-8-11-22-19-16(15)9-12-23-19;/h3-12H,2,13H2,1H3,(H,22,23);1H. The van der Waals surface area contributed by atoms with Crippen LogP contribution in [0.15, 0.2) is 61.1 Å². The molecule has 6 heteroatoms. The minimum atomic E-state index is 0. The molecule has 0 spiro atoms. The molecule has 0 saturated carbocycles. The van der Waals surface area contributed by atoms with Crippen LogP contribution in [0.3, 0.4) is 0 Å². The molecule has 0 saturated heterocycles. The molecule has 4 heterocycles. The van der Waals surface area contributed by atoms with E-state index in [1.54, 1.807) is 12.4 Å². The summed E-state index contributed by atoms with van der Waals surface area (Å²) in [5.41, 5.74) is 2.84. The van der Waals surface area contributed by atoms with Crippen molar-refractivity contribution in [3.05, 3.63) is 71.6 Å². The summed E-state index contributed by atoms with van der Waals surface area (Å²) in [5.74, 6) is 0.0359. The number of fused-ring (bicyclic) bond motifs is 1. The highest BCUT2D eigenvalue weighted by Crippen LogP contribution is 2.33. The second-order valence-electron chi connectivity index (χ2n) is 5.90. The van der Waals surface area contributed by atoms with E-state index in [9.17, 15) is 4.79 Å². The average Bonchev–Trinajstić information content (AvgIpc) is 3.35. The highest BCUT2D eigenvalue weighted by atomic mass is 32.1. The Morgan fingerprint density at radius 1 is 1.15 bits per heavy atom. The van der Waals surface area contributed by atoms with E-state index in [0.717, 1.165) is 32.0 Å². The number of H-pyrrole nitrogens is 1. The summed E-state index contributed by atoms with van der Waals surface area (Å²) >= 11 is 1.51. The van der Waals surface area contributed by atoms with Crippen molar-refractivity contribution in [3.63, 3.8) is 0 Å². The van der Waals surface area contributed by atoms with Crippen molar-refractivity contribution >= 4 is 28.3 Å². The van der Waals surface area contributed by atoms with Crippen LogP contribution in [0.25, 0.3) is 21.5 Å². The zero-order valence-corrected chi connectivity index (χ0v) is 15.2. The largest absolute Gasteiger partial charge is 0.346 e. The Kier molecular flexibility index (Phi) is 4.50. The predicted octanol–water partition coefficient (Wildman–Crippen LogP) is 4.59. The van der Waals surface area contributed by atoms with E-state index in [1.807, 2.05) is 60.5 Å². The van der Waals surface area contributed by atoms with Gasteiger partial charge in [0.15, 0.2) is 0 Å². The SMILES string of the molecule is CCN(Cc1ccccn1)C(=O)c1ccc(-c2ccnc3[nH]ccc23)s1.[HH]. The van der Waals surface area contributed by atoms with E-state index in [1.165, 1.54) is 11.3 Å². The number of rotatable bonds is 5. The van der Waals surface area contributed by atoms with Crippen LogP contribution in [0.4, 0.5) is 0 Å². The zero-order valence-electron chi connectivity index (χ0n) is 14.3.